The smallest absolute Gasteiger partial charge is 0.264 e. The van der Waals surface area contributed by atoms with Gasteiger partial charge < -0.3 is 9.26 Å². The largest absolute Gasteiger partial charge is 0.496 e. The Balaban J connectivity index is 2.24. The van der Waals surface area contributed by atoms with E-state index >= 15 is 0 Å². The van der Waals surface area contributed by atoms with Crippen molar-refractivity contribution in [2.75, 3.05) is 12.4 Å². The van der Waals surface area contributed by atoms with Crippen molar-refractivity contribution in [3.63, 3.8) is 0 Å². The molecule has 1 aromatic carbocycles. The highest BCUT2D eigenvalue weighted by Gasteiger charge is 2.27. The van der Waals surface area contributed by atoms with Crippen LogP contribution in [0.25, 0.3) is 0 Å². The van der Waals surface area contributed by atoms with Crippen LogP contribution in [0, 0.1) is 5.82 Å². The third-order valence-electron chi connectivity index (χ3n) is 4.35. The van der Waals surface area contributed by atoms with Crippen molar-refractivity contribution in [1.29, 1.82) is 0 Å². The first-order valence-corrected chi connectivity index (χ1v) is 7.56. The van der Waals surface area contributed by atoms with Crippen molar-refractivity contribution in [2.24, 2.45) is 0 Å². The number of benzene rings is 1. The van der Waals surface area contributed by atoms with E-state index in [1.54, 1.807) is 6.07 Å². The molecule has 0 aliphatic heterocycles. The monoisotopic (exact) mass is 320 g/mol. The number of carbonyl (C=O) groups excluding carboxylic acids is 1. The molecule has 1 aromatic heterocycles. The number of amides is 1. The highest BCUT2D eigenvalue weighted by atomic mass is 19.1. The van der Waals surface area contributed by atoms with Gasteiger partial charge in [-0.05, 0) is 25.0 Å². The zero-order valence-electron chi connectivity index (χ0n) is 13.8. The van der Waals surface area contributed by atoms with E-state index in [4.69, 9.17) is 9.26 Å². The van der Waals surface area contributed by atoms with Crippen LogP contribution in [0.4, 0.5) is 10.3 Å². The molecule has 0 saturated carbocycles. The molecule has 0 aliphatic carbocycles. The second kappa shape index (κ2) is 6.81. The average molecular weight is 320 g/mol. The predicted molar refractivity (Wildman–Crippen MR) is 85.3 cm³/mol. The van der Waals surface area contributed by atoms with Crippen LogP contribution < -0.4 is 10.1 Å². The number of aromatic nitrogens is 1. The minimum absolute atomic E-state index is 0.123. The van der Waals surface area contributed by atoms with Crippen LogP contribution in [0.1, 0.15) is 49.7 Å². The zero-order valence-corrected chi connectivity index (χ0v) is 13.8. The summed E-state index contributed by atoms with van der Waals surface area (Å²) < 4.78 is 24.1. The zero-order chi connectivity index (χ0) is 17.0. The van der Waals surface area contributed by atoms with Crippen LogP contribution >= 0.6 is 0 Å². The van der Waals surface area contributed by atoms with E-state index in [-0.39, 0.29) is 22.6 Å². The van der Waals surface area contributed by atoms with E-state index in [2.05, 4.69) is 31.2 Å². The molecule has 0 aliphatic rings. The predicted octanol–water partition coefficient (Wildman–Crippen LogP) is 4.15. The number of carbonyl (C=O) groups is 1. The highest BCUT2D eigenvalue weighted by molar-refractivity contribution is 6.05. The molecule has 1 amide bonds. The number of hydrogen-bond donors (Lipinski definition) is 1. The molecule has 124 valence electrons. The van der Waals surface area contributed by atoms with Gasteiger partial charge in [0.1, 0.15) is 17.1 Å². The third-order valence-corrected chi connectivity index (χ3v) is 4.35. The third kappa shape index (κ3) is 3.36. The topological polar surface area (TPSA) is 64.4 Å². The number of nitrogens with one attached hydrogen (secondary N) is 1. The second-order valence-electron chi connectivity index (χ2n) is 5.62. The Labute approximate surface area is 134 Å². The van der Waals surface area contributed by atoms with Gasteiger partial charge in [0.25, 0.3) is 5.91 Å². The van der Waals surface area contributed by atoms with Crippen LogP contribution in [0.5, 0.6) is 5.75 Å². The SMILES string of the molecule is CCC(C)(CC)c1cc(NC(=O)c2c(F)cccc2OC)on1. The van der Waals surface area contributed by atoms with E-state index in [0.29, 0.717) is 0 Å². The number of hydrogen-bond acceptors (Lipinski definition) is 4. The number of nitrogens with zero attached hydrogens (tertiary/aromatic N) is 1. The molecule has 5 nitrogen and oxygen atoms in total. The summed E-state index contributed by atoms with van der Waals surface area (Å²) in [5, 5.41) is 6.55. The molecule has 2 rings (SSSR count). The van der Waals surface area contributed by atoms with E-state index < -0.39 is 11.7 Å². The maximum Gasteiger partial charge on any atom is 0.264 e. The lowest BCUT2D eigenvalue weighted by atomic mass is 9.81. The van der Waals surface area contributed by atoms with Gasteiger partial charge in [0.05, 0.1) is 12.8 Å². The molecule has 2 aromatic rings. The van der Waals surface area contributed by atoms with Crippen molar-refractivity contribution in [3.8, 4) is 5.75 Å². The number of ether oxygens (including phenoxy) is 1. The van der Waals surface area contributed by atoms with Gasteiger partial charge in [-0.2, -0.15) is 0 Å². The summed E-state index contributed by atoms with van der Waals surface area (Å²) in [6, 6.07) is 5.88. The summed E-state index contributed by atoms with van der Waals surface area (Å²) in [6.45, 7) is 6.22. The van der Waals surface area contributed by atoms with Gasteiger partial charge in [0.15, 0.2) is 0 Å². The standard InChI is InChI=1S/C17H21FN2O3/c1-5-17(3,6-2)13-10-14(23-20-13)19-16(21)15-11(18)8-7-9-12(15)22-4/h7-10H,5-6H2,1-4H3,(H,19,21). The molecule has 0 atom stereocenters. The number of methoxy groups -OCH3 is 1. The first-order chi connectivity index (χ1) is 10.9. The van der Waals surface area contributed by atoms with Crippen molar-refractivity contribution in [1.82, 2.24) is 5.16 Å². The molecule has 0 unspecified atom stereocenters. The number of anilines is 1. The molecule has 1 N–H and O–H groups in total. The van der Waals surface area contributed by atoms with Crippen LogP contribution in [0.3, 0.4) is 0 Å². The van der Waals surface area contributed by atoms with Gasteiger partial charge in [-0.1, -0.05) is 32.0 Å². The van der Waals surface area contributed by atoms with Crippen LogP contribution in [-0.2, 0) is 5.41 Å². The molecule has 0 bridgehead atoms. The van der Waals surface area contributed by atoms with E-state index in [9.17, 15) is 9.18 Å². The average Bonchev–Trinajstić information content (AvgIpc) is 3.02. The Morgan fingerprint density at radius 3 is 2.70 bits per heavy atom. The fourth-order valence-electron chi connectivity index (χ4n) is 2.30. The Kier molecular flexibility index (Phi) is 5.03. The molecule has 0 saturated heterocycles. The second-order valence-corrected chi connectivity index (χ2v) is 5.62. The fourth-order valence-corrected chi connectivity index (χ4v) is 2.30. The lowest BCUT2D eigenvalue weighted by Gasteiger charge is -2.22. The fraction of sp³-hybridized carbons (Fsp3) is 0.412. The Bertz CT molecular complexity index is 693. The summed E-state index contributed by atoms with van der Waals surface area (Å²) in [6.07, 6.45) is 1.79. The van der Waals surface area contributed by atoms with Gasteiger partial charge in [0.2, 0.25) is 5.88 Å². The molecule has 0 radical (unpaired) electrons. The number of rotatable bonds is 6. The van der Waals surface area contributed by atoms with Crippen LogP contribution in [0.2, 0.25) is 0 Å². The van der Waals surface area contributed by atoms with Gasteiger partial charge in [0, 0.05) is 11.5 Å². The molecule has 23 heavy (non-hydrogen) atoms. The van der Waals surface area contributed by atoms with Crippen molar-refractivity contribution in [2.45, 2.75) is 39.0 Å². The summed E-state index contributed by atoms with van der Waals surface area (Å²) in [7, 11) is 1.38. The lowest BCUT2D eigenvalue weighted by Crippen LogP contribution is -2.19. The Hall–Kier alpha value is -2.37. The molecular weight excluding hydrogens is 299 g/mol. The summed E-state index contributed by atoms with van der Waals surface area (Å²) >= 11 is 0. The first kappa shape index (κ1) is 17.0. The van der Waals surface area contributed by atoms with E-state index in [1.165, 1.54) is 25.3 Å². The highest BCUT2D eigenvalue weighted by Crippen LogP contribution is 2.32. The van der Waals surface area contributed by atoms with Crippen molar-refractivity contribution in [3.05, 3.63) is 41.3 Å². The van der Waals surface area contributed by atoms with Crippen molar-refractivity contribution < 1.29 is 18.4 Å². The Morgan fingerprint density at radius 1 is 1.39 bits per heavy atom. The Morgan fingerprint density at radius 2 is 2.09 bits per heavy atom. The minimum atomic E-state index is -0.659. The van der Waals surface area contributed by atoms with Gasteiger partial charge in [-0.3, -0.25) is 10.1 Å². The van der Waals surface area contributed by atoms with Crippen LogP contribution in [0.15, 0.2) is 28.8 Å². The summed E-state index contributed by atoms with van der Waals surface area (Å²) in [4.78, 5) is 12.3. The van der Waals surface area contributed by atoms with Gasteiger partial charge >= 0.3 is 0 Å². The maximum atomic E-state index is 13.9. The number of halogens is 1. The normalized spacial score (nSPS) is 11.3. The maximum absolute atomic E-state index is 13.9. The van der Waals surface area contributed by atoms with E-state index in [1.807, 2.05) is 0 Å². The molecule has 6 heteroatoms. The van der Waals surface area contributed by atoms with Crippen molar-refractivity contribution >= 4 is 11.8 Å². The van der Waals surface area contributed by atoms with Gasteiger partial charge in [-0.15, -0.1) is 0 Å². The summed E-state index contributed by atoms with van der Waals surface area (Å²) in [5.41, 5.74) is 0.474. The molecular formula is C17H21FN2O3. The quantitative estimate of drug-likeness (QED) is 0.868. The first-order valence-electron chi connectivity index (χ1n) is 7.56. The lowest BCUT2D eigenvalue weighted by molar-refractivity contribution is 0.101. The molecule has 0 spiro atoms. The van der Waals surface area contributed by atoms with Gasteiger partial charge in [-0.25, -0.2) is 4.39 Å². The minimum Gasteiger partial charge on any atom is -0.496 e. The summed E-state index contributed by atoms with van der Waals surface area (Å²) in [5.74, 6) is -0.955. The van der Waals surface area contributed by atoms with E-state index in [0.717, 1.165) is 18.5 Å². The van der Waals surface area contributed by atoms with Crippen LogP contribution in [-0.4, -0.2) is 18.2 Å². The molecule has 1 heterocycles. The molecule has 0 fully saturated rings.